The molecule has 1 aromatic heterocycles. The number of hydrogen-bond acceptors (Lipinski definition) is 4. The van der Waals surface area contributed by atoms with Crippen molar-refractivity contribution in [3.05, 3.63) is 54.5 Å². The van der Waals surface area contributed by atoms with Crippen LogP contribution in [0.1, 0.15) is 12.0 Å². The molecule has 1 aromatic carbocycles. The molecule has 4 heteroatoms. The number of nitrogens with zero attached hydrogens (tertiary/aromatic N) is 3. The maximum absolute atomic E-state index is 9.22. The van der Waals surface area contributed by atoms with Gasteiger partial charge in [-0.15, -0.1) is 0 Å². The number of para-hydroxylation sites is 1. The highest BCUT2D eigenvalue weighted by atomic mass is 16.3. The summed E-state index contributed by atoms with van der Waals surface area (Å²) in [5.74, 6) is 0. The van der Waals surface area contributed by atoms with Gasteiger partial charge in [0.15, 0.2) is 0 Å². The highest BCUT2D eigenvalue weighted by Gasteiger charge is 2.28. The monoisotopic (exact) mass is 237 g/mol. The zero-order valence-corrected chi connectivity index (χ0v) is 9.65. The van der Waals surface area contributed by atoms with E-state index in [-0.39, 0.29) is 6.04 Å². The second-order valence-corrected chi connectivity index (χ2v) is 4.09. The Balaban J connectivity index is 1.96. The van der Waals surface area contributed by atoms with E-state index in [0.717, 1.165) is 17.0 Å². The van der Waals surface area contributed by atoms with Gasteiger partial charge < -0.3 is 4.42 Å². The molecule has 0 saturated carbocycles. The van der Waals surface area contributed by atoms with Crippen LogP contribution in [-0.4, -0.2) is 11.8 Å². The van der Waals surface area contributed by atoms with Crippen LogP contribution in [0.5, 0.6) is 0 Å². The third-order valence-corrected chi connectivity index (χ3v) is 2.93. The summed E-state index contributed by atoms with van der Waals surface area (Å²) in [5.41, 5.74) is 2.76. The van der Waals surface area contributed by atoms with Gasteiger partial charge in [-0.25, -0.2) is 5.01 Å². The third-order valence-electron chi connectivity index (χ3n) is 2.93. The summed E-state index contributed by atoms with van der Waals surface area (Å²) in [6.07, 6.45) is 3.89. The van der Waals surface area contributed by atoms with Gasteiger partial charge in [-0.1, -0.05) is 18.2 Å². The van der Waals surface area contributed by atoms with Gasteiger partial charge in [0.1, 0.15) is 6.04 Å². The van der Waals surface area contributed by atoms with Crippen LogP contribution in [0.4, 0.5) is 5.69 Å². The summed E-state index contributed by atoms with van der Waals surface area (Å²) in [6.45, 7) is 0. The van der Waals surface area contributed by atoms with E-state index < -0.39 is 0 Å². The van der Waals surface area contributed by atoms with Gasteiger partial charge in [-0.2, -0.15) is 10.4 Å². The van der Waals surface area contributed by atoms with E-state index in [1.54, 1.807) is 17.5 Å². The molecule has 0 aliphatic carbocycles. The van der Waals surface area contributed by atoms with Crippen LogP contribution in [0.25, 0.3) is 0 Å². The molecule has 3 rings (SSSR count). The molecule has 0 bridgehead atoms. The summed E-state index contributed by atoms with van der Waals surface area (Å²) in [5, 5.41) is 15.5. The molecule has 2 heterocycles. The first-order valence-electron chi connectivity index (χ1n) is 5.72. The van der Waals surface area contributed by atoms with Crippen molar-refractivity contribution in [3.63, 3.8) is 0 Å². The fraction of sp³-hybridized carbons (Fsp3) is 0.143. The van der Waals surface area contributed by atoms with Crippen LogP contribution in [-0.2, 0) is 0 Å². The first kappa shape index (κ1) is 10.6. The summed E-state index contributed by atoms with van der Waals surface area (Å²) < 4.78 is 5.05. The Kier molecular flexibility index (Phi) is 2.58. The number of hydrazone groups is 1. The second-order valence-electron chi connectivity index (χ2n) is 4.09. The van der Waals surface area contributed by atoms with Gasteiger partial charge >= 0.3 is 0 Å². The molecular formula is C14H11N3O. The normalized spacial score (nSPS) is 18.5. The molecule has 2 aromatic rings. The van der Waals surface area contributed by atoms with Crippen LogP contribution in [0.15, 0.2) is 58.4 Å². The molecule has 1 aliphatic rings. The largest absolute Gasteiger partial charge is 0.472 e. The number of furan rings is 1. The van der Waals surface area contributed by atoms with E-state index in [1.807, 2.05) is 36.4 Å². The molecule has 1 atom stereocenters. The van der Waals surface area contributed by atoms with Crippen molar-refractivity contribution >= 4 is 11.4 Å². The topological polar surface area (TPSA) is 52.5 Å². The Bertz CT molecular complexity index is 596. The molecule has 0 N–H and O–H groups in total. The third kappa shape index (κ3) is 1.76. The van der Waals surface area contributed by atoms with Gasteiger partial charge in [-0.3, -0.25) is 0 Å². The smallest absolute Gasteiger partial charge is 0.144 e. The molecular weight excluding hydrogens is 226 g/mol. The molecule has 1 unspecified atom stereocenters. The SMILES string of the molecule is N#CC1CC(c2ccoc2)=NN1c1ccccc1. The van der Waals surface area contributed by atoms with E-state index in [1.165, 1.54) is 0 Å². The van der Waals surface area contributed by atoms with Crippen molar-refractivity contribution in [2.45, 2.75) is 12.5 Å². The number of benzene rings is 1. The van der Waals surface area contributed by atoms with Crippen molar-refractivity contribution in [1.82, 2.24) is 0 Å². The Morgan fingerprint density at radius 1 is 1.28 bits per heavy atom. The van der Waals surface area contributed by atoms with E-state index >= 15 is 0 Å². The summed E-state index contributed by atoms with van der Waals surface area (Å²) in [4.78, 5) is 0. The molecule has 0 fully saturated rings. The Hall–Kier alpha value is -2.54. The Morgan fingerprint density at radius 2 is 2.11 bits per heavy atom. The fourth-order valence-electron chi connectivity index (χ4n) is 2.03. The van der Waals surface area contributed by atoms with Crippen LogP contribution in [0, 0.1) is 11.3 Å². The van der Waals surface area contributed by atoms with Gasteiger partial charge in [0.2, 0.25) is 0 Å². The molecule has 18 heavy (non-hydrogen) atoms. The van der Waals surface area contributed by atoms with Crippen LogP contribution in [0.3, 0.4) is 0 Å². The Labute approximate surface area is 105 Å². The molecule has 4 nitrogen and oxygen atoms in total. The number of hydrogen-bond donors (Lipinski definition) is 0. The van der Waals surface area contributed by atoms with Gasteiger partial charge in [0.25, 0.3) is 0 Å². The van der Waals surface area contributed by atoms with Gasteiger partial charge in [0, 0.05) is 12.0 Å². The fourth-order valence-corrected chi connectivity index (χ4v) is 2.03. The van der Waals surface area contributed by atoms with E-state index in [9.17, 15) is 5.26 Å². The summed E-state index contributed by atoms with van der Waals surface area (Å²) in [6, 6.07) is 13.6. The van der Waals surface area contributed by atoms with Crippen LogP contribution in [0.2, 0.25) is 0 Å². The highest BCUT2D eigenvalue weighted by Crippen LogP contribution is 2.26. The van der Waals surface area contributed by atoms with Gasteiger partial charge in [-0.05, 0) is 18.2 Å². The molecule has 0 amide bonds. The minimum absolute atomic E-state index is 0.253. The lowest BCUT2D eigenvalue weighted by molar-refractivity contribution is 0.567. The quantitative estimate of drug-likeness (QED) is 0.807. The zero-order valence-electron chi connectivity index (χ0n) is 9.65. The van der Waals surface area contributed by atoms with Gasteiger partial charge in [0.05, 0.1) is 30.0 Å². The molecule has 0 saturated heterocycles. The summed E-state index contributed by atoms with van der Waals surface area (Å²) in [7, 11) is 0. The van der Waals surface area contributed by atoms with Crippen LogP contribution < -0.4 is 5.01 Å². The van der Waals surface area contributed by atoms with Crippen molar-refractivity contribution < 1.29 is 4.42 Å². The summed E-state index contributed by atoms with van der Waals surface area (Å²) >= 11 is 0. The van der Waals surface area contributed by atoms with Crippen molar-refractivity contribution in [3.8, 4) is 6.07 Å². The van der Waals surface area contributed by atoms with E-state index in [4.69, 9.17) is 4.42 Å². The standard InChI is InChI=1S/C14H11N3O/c15-9-13-8-14(11-6-7-18-10-11)16-17(13)12-4-2-1-3-5-12/h1-7,10,13H,8H2. The molecule has 0 spiro atoms. The zero-order chi connectivity index (χ0) is 12.4. The lowest BCUT2D eigenvalue weighted by atomic mass is 10.1. The maximum Gasteiger partial charge on any atom is 0.144 e. The maximum atomic E-state index is 9.22. The predicted molar refractivity (Wildman–Crippen MR) is 68.2 cm³/mol. The second kappa shape index (κ2) is 4.38. The lowest BCUT2D eigenvalue weighted by Crippen LogP contribution is -2.24. The Morgan fingerprint density at radius 3 is 2.78 bits per heavy atom. The number of anilines is 1. The average molecular weight is 237 g/mol. The average Bonchev–Trinajstić information content (AvgIpc) is 3.08. The van der Waals surface area contributed by atoms with E-state index in [0.29, 0.717) is 6.42 Å². The van der Waals surface area contributed by atoms with E-state index in [2.05, 4.69) is 11.2 Å². The minimum atomic E-state index is -0.253. The number of nitriles is 1. The first-order valence-corrected chi connectivity index (χ1v) is 5.72. The predicted octanol–water partition coefficient (Wildman–Crippen LogP) is 2.79. The van der Waals surface area contributed by atoms with Crippen molar-refractivity contribution in [2.75, 3.05) is 5.01 Å². The first-order chi connectivity index (χ1) is 8.88. The van der Waals surface area contributed by atoms with Crippen LogP contribution >= 0.6 is 0 Å². The molecule has 0 radical (unpaired) electrons. The molecule has 1 aliphatic heterocycles. The van der Waals surface area contributed by atoms with Crippen molar-refractivity contribution in [1.29, 1.82) is 5.26 Å². The molecule has 88 valence electrons. The highest BCUT2D eigenvalue weighted by molar-refractivity contribution is 6.03. The van der Waals surface area contributed by atoms with Crippen molar-refractivity contribution in [2.24, 2.45) is 5.10 Å². The minimum Gasteiger partial charge on any atom is -0.472 e. The number of rotatable bonds is 2. The lowest BCUT2D eigenvalue weighted by Gasteiger charge is -2.17.